The standard InChI is InChI=1S/C13H15N3O2/c17-10-7-13(18)15(8-10)5-6-16-9-14-11-3-1-2-4-12(11)16/h1-4,9-10,17H,5-8H2. The fourth-order valence-corrected chi connectivity index (χ4v) is 2.38. The topological polar surface area (TPSA) is 58.4 Å². The van der Waals surface area contributed by atoms with Gasteiger partial charge in [-0.2, -0.15) is 0 Å². The summed E-state index contributed by atoms with van der Waals surface area (Å²) in [6.07, 6.45) is 1.55. The van der Waals surface area contributed by atoms with E-state index in [-0.39, 0.29) is 12.3 Å². The number of β-amino-alcohol motifs (C(OH)–C–C–N with tert-alkyl or cyclic N) is 1. The van der Waals surface area contributed by atoms with Crippen LogP contribution in [0.4, 0.5) is 0 Å². The number of amides is 1. The number of nitrogens with zero attached hydrogens (tertiary/aromatic N) is 3. The molecule has 1 N–H and O–H groups in total. The van der Waals surface area contributed by atoms with Crippen LogP contribution in [0.3, 0.4) is 0 Å². The minimum Gasteiger partial charge on any atom is -0.391 e. The zero-order chi connectivity index (χ0) is 12.5. The van der Waals surface area contributed by atoms with Crippen molar-refractivity contribution in [2.45, 2.75) is 19.1 Å². The lowest BCUT2D eigenvalue weighted by molar-refractivity contribution is -0.127. The second kappa shape index (κ2) is 4.42. The molecule has 1 aromatic heterocycles. The van der Waals surface area contributed by atoms with Crippen molar-refractivity contribution in [3.05, 3.63) is 30.6 Å². The summed E-state index contributed by atoms with van der Waals surface area (Å²) in [6, 6.07) is 7.92. The quantitative estimate of drug-likeness (QED) is 0.862. The van der Waals surface area contributed by atoms with Gasteiger partial charge in [0.05, 0.1) is 29.9 Å². The van der Waals surface area contributed by atoms with Crippen LogP contribution in [0.25, 0.3) is 11.0 Å². The zero-order valence-corrected chi connectivity index (χ0v) is 9.99. The number of aliphatic hydroxyl groups excluding tert-OH is 1. The molecule has 0 aliphatic carbocycles. The van der Waals surface area contributed by atoms with Gasteiger partial charge in [-0.15, -0.1) is 0 Å². The highest BCUT2D eigenvalue weighted by molar-refractivity contribution is 5.79. The van der Waals surface area contributed by atoms with Crippen molar-refractivity contribution in [2.75, 3.05) is 13.1 Å². The van der Waals surface area contributed by atoms with E-state index < -0.39 is 6.10 Å². The van der Waals surface area contributed by atoms with E-state index in [1.807, 2.05) is 28.8 Å². The van der Waals surface area contributed by atoms with Gasteiger partial charge in [0.1, 0.15) is 0 Å². The molecule has 0 bridgehead atoms. The van der Waals surface area contributed by atoms with Crippen LogP contribution in [-0.4, -0.2) is 44.7 Å². The van der Waals surface area contributed by atoms with E-state index in [9.17, 15) is 9.90 Å². The Morgan fingerprint density at radius 1 is 1.33 bits per heavy atom. The molecule has 1 atom stereocenters. The first kappa shape index (κ1) is 11.2. The van der Waals surface area contributed by atoms with Crippen molar-refractivity contribution in [1.82, 2.24) is 14.5 Å². The Hall–Kier alpha value is -1.88. The van der Waals surface area contributed by atoms with E-state index >= 15 is 0 Å². The van der Waals surface area contributed by atoms with Gasteiger partial charge >= 0.3 is 0 Å². The fourth-order valence-electron chi connectivity index (χ4n) is 2.38. The smallest absolute Gasteiger partial charge is 0.225 e. The van der Waals surface area contributed by atoms with Gasteiger partial charge in [0.15, 0.2) is 0 Å². The van der Waals surface area contributed by atoms with Crippen molar-refractivity contribution < 1.29 is 9.90 Å². The fraction of sp³-hybridized carbons (Fsp3) is 0.385. The molecular formula is C13H15N3O2. The molecule has 1 unspecified atom stereocenters. The molecule has 0 spiro atoms. The van der Waals surface area contributed by atoms with E-state index in [1.165, 1.54) is 0 Å². The van der Waals surface area contributed by atoms with Crippen LogP contribution < -0.4 is 0 Å². The number of carbonyl (C=O) groups is 1. The maximum Gasteiger partial charge on any atom is 0.225 e. The van der Waals surface area contributed by atoms with Crippen molar-refractivity contribution in [3.63, 3.8) is 0 Å². The Balaban J connectivity index is 1.72. The van der Waals surface area contributed by atoms with Crippen LogP contribution in [0, 0.1) is 0 Å². The van der Waals surface area contributed by atoms with Gasteiger partial charge in [-0.1, -0.05) is 12.1 Å². The predicted molar refractivity (Wildman–Crippen MR) is 66.9 cm³/mol. The molecule has 1 aliphatic rings. The molecule has 1 saturated heterocycles. The highest BCUT2D eigenvalue weighted by Gasteiger charge is 2.27. The third kappa shape index (κ3) is 1.97. The average molecular weight is 245 g/mol. The molecule has 3 rings (SSSR count). The van der Waals surface area contributed by atoms with Gasteiger partial charge in [0.25, 0.3) is 0 Å². The van der Waals surface area contributed by atoms with Gasteiger partial charge in [-0.25, -0.2) is 4.98 Å². The number of aromatic nitrogens is 2. The first-order valence-corrected chi connectivity index (χ1v) is 6.10. The molecule has 1 aliphatic heterocycles. The molecule has 5 heteroatoms. The highest BCUT2D eigenvalue weighted by atomic mass is 16.3. The van der Waals surface area contributed by atoms with Crippen LogP contribution >= 0.6 is 0 Å². The molecule has 1 aromatic carbocycles. The lowest BCUT2D eigenvalue weighted by atomic mass is 10.3. The van der Waals surface area contributed by atoms with Crippen LogP contribution in [0.1, 0.15) is 6.42 Å². The van der Waals surface area contributed by atoms with Crippen LogP contribution in [0.5, 0.6) is 0 Å². The van der Waals surface area contributed by atoms with Crippen molar-refractivity contribution in [2.24, 2.45) is 0 Å². The van der Waals surface area contributed by atoms with Gasteiger partial charge < -0.3 is 14.6 Å². The molecular weight excluding hydrogens is 230 g/mol. The Kier molecular flexibility index (Phi) is 2.76. The molecule has 18 heavy (non-hydrogen) atoms. The van der Waals surface area contributed by atoms with Crippen molar-refractivity contribution in [1.29, 1.82) is 0 Å². The average Bonchev–Trinajstić information content (AvgIpc) is 2.90. The minimum absolute atomic E-state index is 0.0342. The number of imidazole rings is 1. The Labute approximate surface area is 105 Å². The van der Waals surface area contributed by atoms with Crippen molar-refractivity contribution >= 4 is 16.9 Å². The summed E-state index contributed by atoms with van der Waals surface area (Å²) in [5, 5.41) is 9.42. The van der Waals surface area contributed by atoms with Gasteiger partial charge in [-0.05, 0) is 12.1 Å². The number of hydrogen-bond acceptors (Lipinski definition) is 3. The molecule has 2 aromatic rings. The second-order valence-corrected chi connectivity index (χ2v) is 4.62. The van der Waals surface area contributed by atoms with E-state index in [2.05, 4.69) is 4.98 Å². The van der Waals surface area contributed by atoms with E-state index in [0.717, 1.165) is 11.0 Å². The summed E-state index contributed by atoms with van der Waals surface area (Å²) in [6.45, 7) is 1.78. The van der Waals surface area contributed by atoms with Crippen LogP contribution in [-0.2, 0) is 11.3 Å². The van der Waals surface area contributed by atoms with Crippen molar-refractivity contribution in [3.8, 4) is 0 Å². The number of likely N-dealkylation sites (tertiary alicyclic amines) is 1. The Morgan fingerprint density at radius 2 is 2.17 bits per heavy atom. The molecule has 0 radical (unpaired) electrons. The first-order valence-electron chi connectivity index (χ1n) is 6.10. The van der Waals surface area contributed by atoms with E-state index in [0.29, 0.717) is 19.6 Å². The number of rotatable bonds is 3. The number of fused-ring (bicyclic) bond motifs is 1. The van der Waals surface area contributed by atoms with Crippen LogP contribution in [0.2, 0.25) is 0 Å². The number of benzene rings is 1. The summed E-state index contributed by atoms with van der Waals surface area (Å²) in [5.74, 6) is 0.0342. The summed E-state index contributed by atoms with van der Waals surface area (Å²) in [4.78, 5) is 17.6. The summed E-state index contributed by atoms with van der Waals surface area (Å²) in [7, 11) is 0. The summed E-state index contributed by atoms with van der Waals surface area (Å²) >= 11 is 0. The monoisotopic (exact) mass is 245 g/mol. The lowest BCUT2D eigenvalue weighted by Crippen LogP contribution is -2.29. The second-order valence-electron chi connectivity index (χ2n) is 4.62. The largest absolute Gasteiger partial charge is 0.391 e. The van der Waals surface area contributed by atoms with E-state index in [1.54, 1.807) is 11.2 Å². The third-order valence-corrected chi connectivity index (χ3v) is 3.33. The highest BCUT2D eigenvalue weighted by Crippen LogP contribution is 2.14. The van der Waals surface area contributed by atoms with Gasteiger partial charge in [0.2, 0.25) is 5.91 Å². The van der Waals surface area contributed by atoms with Gasteiger partial charge in [0, 0.05) is 19.6 Å². The molecule has 5 nitrogen and oxygen atoms in total. The first-order chi connectivity index (χ1) is 8.74. The minimum atomic E-state index is -0.503. The Bertz CT molecular complexity index is 578. The summed E-state index contributed by atoms with van der Waals surface area (Å²) < 4.78 is 2.04. The number of carbonyl (C=O) groups excluding carboxylic acids is 1. The molecule has 1 fully saturated rings. The SMILES string of the molecule is O=C1CC(O)CN1CCn1cnc2ccccc21. The van der Waals surface area contributed by atoms with Crippen LogP contribution in [0.15, 0.2) is 30.6 Å². The molecule has 1 amide bonds. The summed E-state index contributed by atoms with van der Waals surface area (Å²) in [5.41, 5.74) is 2.04. The van der Waals surface area contributed by atoms with E-state index in [4.69, 9.17) is 0 Å². The predicted octanol–water partition coefficient (Wildman–Crippen LogP) is 0.629. The normalized spacial score (nSPS) is 19.9. The number of para-hydroxylation sites is 2. The molecule has 94 valence electrons. The molecule has 0 saturated carbocycles. The zero-order valence-electron chi connectivity index (χ0n) is 9.99. The lowest BCUT2D eigenvalue weighted by Gasteiger charge is -2.16. The van der Waals surface area contributed by atoms with Gasteiger partial charge in [-0.3, -0.25) is 4.79 Å². The molecule has 2 heterocycles. The third-order valence-electron chi connectivity index (χ3n) is 3.33. The number of hydrogen-bond donors (Lipinski definition) is 1. The maximum atomic E-state index is 11.5. The maximum absolute atomic E-state index is 11.5. The number of aliphatic hydroxyl groups is 1. The Morgan fingerprint density at radius 3 is 2.94 bits per heavy atom.